The van der Waals surface area contributed by atoms with Gasteiger partial charge in [0.1, 0.15) is 5.60 Å². The first kappa shape index (κ1) is 14.7. The molecule has 16 heavy (non-hydrogen) atoms. The van der Waals surface area contributed by atoms with E-state index in [9.17, 15) is 9.59 Å². The molecule has 0 aliphatic heterocycles. The Labute approximate surface area is 97.1 Å². The molecule has 0 saturated carbocycles. The van der Waals surface area contributed by atoms with Gasteiger partial charge in [0.2, 0.25) is 0 Å². The van der Waals surface area contributed by atoms with E-state index in [1.165, 1.54) is 0 Å². The van der Waals surface area contributed by atoms with E-state index in [0.29, 0.717) is 5.57 Å². The average Bonchev–Trinajstić information content (AvgIpc) is 2.09. The van der Waals surface area contributed by atoms with Crippen molar-refractivity contribution in [2.75, 3.05) is 6.54 Å². The molecule has 0 aliphatic carbocycles. The normalized spacial score (nSPS) is 11.1. The second-order valence-corrected chi connectivity index (χ2v) is 4.96. The first-order valence-corrected chi connectivity index (χ1v) is 5.32. The van der Waals surface area contributed by atoms with Gasteiger partial charge in [-0.1, -0.05) is 20.4 Å². The molecule has 0 saturated heterocycles. The summed E-state index contributed by atoms with van der Waals surface area (Å²) in [5.41, 5.74) is -0.0431. The molecule has 0 aromatic rings. The standard InChI is InChI=1S/C12H21NO3/c1-8(2)9(3)10(14)7-13-11(15)16-12(4,5)6/h8H,3,7H2,1-2,4-6H3,(H,13,15). The summed E-state index contributed by atoms with van der Waals surface area (Å²) in [5, 5.41) is 2.40. The minimum atomic E-state index is -0.586. The number of hydrogen-bond donors (Lipinski definition) is 1. The van der Waals surface area contributed by atoms with Gasteiger partial charge in [0, 0.05) is 0 Å². The molecule has 0 atom stereocenters. The summed E-state index contributed by atoms with van der Waals surface area (Å²) in [6, 6.07) is 0. The number of nitrogens with one attached hydrogen (secondary N) is 1. The van der Waals surface area contributed by atoms with Gasteiger partial charge in [-0.2, -0.15) is 0 Å². The number of carbonyl (C=O) groups is 2. The van der Waals surface area contributed by atoms with Crippen LogP contribution in [0.5, 0.6) is 0 Å². The Morgan fingerprint density at radius 3 is 2.19 bits per heavy atom. The van der Waals surface area contributed by atoms with Crippen molar-refractivity contribution in [2.24, 2.45) is 5.92 Å². The van der Waals surface area contributed by atoms with Crippen LogP contribution < -0.4 is 5.32 Å². The van der Waals surface area contributed by atoms with Gasteiger partial charge >= 0.3 is 6.09 Å². The van der Waals surface area contributed by atoms with E-state index >= 15 is 0 Å². The van der Waals surface area contributed by atoms with E-state index in [2.05, 4.69) is 11.9 Å². The van der Waals surface area contributed by atoms with Crippen molar-refractivity contribution in [3.05, 3.63) is 12.2 Å². The summed E-state index contributed by atoms with van der Waals surface area (Å²) in [5.74, 6) is -0.0752. The van der Waals surface area contributed by atoms with Crippen LogP contribution in [0.1, 0.15) is 34.6 Å². The van der Waals surface area contributed by atoms with Gasteiger partial charge in [0.05, 0.1) is 6.54 Å². The molecule has 1 N–H and O–H groups in total. The fourth-order valence-corrected chi connectivity index (χ4v) is 0.902. The van der Waals surface area contributed by atoms with Crippen LogP contribution >= 0.6 is 0 Å². The number of carbonyl (C=O) groups excluding carboxylic acids is 2. The molecule has 0 radical (unpaired) electrons. The molecule has 0 fully saturated rings. The van der Waals surface area contributed by atoms with Crippen LogP contribution in [-0.4, -0.2) is 24.0 Å². The largest absolute Gasteiger partial charge is 0.444 e. The maximum Gasteiger partial charge on any atom is 0.408 e. The van der Waals surface area contributed by atoms with Gasteiger partial charge in [0.15, 0.2) is 5.78 Å². The quantitative estimate of drug-likeness (QED) is 0.750. The molecule has 0 rings (SSSR count). The van der Waals surface area contributed by atoms with Gasteiger partial charge in [-0.05, 0) is 32.3 Å². The summed E-state index contributed by atoms with van der Waals surface area (Å²) < 4.78 is 5.00. The number of ketones is 1. The second kappa shape index (κ2) is 5.68. The molecular formula is C12H21NO3. The molecule has 0 unspecified atom stereocenters. The highest BCUT2D eigenvalue weighted by molar-refractivity contribution is 5.98. The van der Waals surface area contributed by atoms with Crippen molar-refractivity contribution < 1.29 is 14.3 Å². The maximum absolute atomic E-state index is 11.5. The van der Waals surface area contributed by atoms with Crippen LogP contribution in [0, 0.1) is 5.92 Å². The highest BCUT2D eigenvalue weighted by atomic mass is 16.6. The van der Waals surface area contributed by atoms with Crippen molar-refractivity contribution in [2.45, 2.75) is 40.2 Å². The first-order chi connectivity index (χ1) is 7.13. The van der Waals surface area contributed by atoms with E-state index in [0.717, 1.165) is 0 Å². The number of alkyl carbamates (subject to hydrolysis) is 1. The zero-order chi connectivity index (χ0) is 12.9. The van der Waals surface area contributed by atoms with Crippen LogP contribution in [-0.2, 0) is 9.53 Å². The lowest BCUT2D eigenvalue weighted by Gasteiger charge is -2.19. The SMILES string of the molecule is C=C(C(=O)CNC(=O)OC(C)(C)C)C(C)C. The Hall–Kier alpha value is -1.32. The van der Waals surface area contributed by atoms with Crippen molar-refractivity contribution in [1.82, 2.24) is 5.32 Å². The van der Waals surface area contributed by atoms with Crippen LogP contribution in [0.2, 0.25) is 0 Å². The smallest absolute Gasteiger partial charge is 0.408 e. The van der Waals surface area contributed by atoms with Gasteiger partial charge < -0.3 is 10.1 Å². The predicted molar refractivity (Wildman–Crippen MR) is 63.2 cm³/mol. The predicted octanol–water partition coefficient (Wildman–Crippen LogP) is 2.29. The van der Waals surface area contributed by atoms with E-state index < -0.39 is 11.7 Å². The fourth-order valence-electron chi connectivity index (χ4n) is 0.902. The molecular weight excluding hydrogens is 206 g/mol. The van der Waals surface area contributed by atoms with Gasteiger partial charge in [-0.15, -0.1) is 0 Å². The first-order valence-electron chi connectivity index (χ1n) is 5.32. The third-order valence-corrected chi connectivity index (χ3v) is 1.85. The molecule has 92 valence electrons. The second-order valence-electron chi connectivity index (χ2n) is 4.96. The Morgan fingerprint density at radius 1 is 1.31 bits per heavy atom. The number of Topliss-reactive ketones (excluding diaryl/α,β-unsaturated/α-hetero) is 1. The summed E-state index contributed by atoms with van der Waals surface area (Å²) >= 11 is 0. The molecule has 0 bridgehead atoms. The van der Waals surface area contributed by atoms with E-state index in [1.54, 1.807) is 20.8 Å². The van der Waals surface area contributed by atoms with Crippen molar-refractivity contribution in [3.8, 4) is 0 Å². The number of rotatable bonds is 4. The van der Waals surface area contributed by atoms with E-state index in [-0.39, 0.29) is 18.2 Å². The topological polar surface area (TPSA) is 55.4 Å². The van der Waals surface area contributed by atoms with Crippen LogP contribution in [0.15, 0.2) is 12.2 Å². The van der Waals surface area contributed by atoms with Gasteiger partial charge in [-0.3, -0.25) is 4.79 Å². The molecule has 1 amide bonds. The Balaban J connectivity index is 4.03. The van der Waals surface area contributed by atoms with Crippen molar-refractivity contribution in [1.29, 1.82) is 0 Å². The molecule has 0 heterocycles. The van der Waals surface area contributed by atoms with Gasteiger partial charge in [-0.25, -0.2) is 4.79 Å². The summed E-state index contributed by atoms with van der Waals surface area (Å²) in [4.78, 5) is 22.7. The van der Waals surface area contributed by atoms with Crippen LogP contribution in [0.3, 0.4) is 0 Å². The molecule has 0 spiro atoms. The number of ether oxygens (including phenoxy) is 1. The monoisotopic (exact) mass is 227 g/mol. The third kappa shape index (κ3) is 6.22. The summed E-state index contributed by atoms with van der Waals surface area (Å²) in [7, 11) is 0. The Bertz CT molecular complexity index is 287. The fraction of sp³-hybridized carbons (Fsp3) is 0.667. The zero-order valence-electron chi connectivity index (χ0n) is 10.7. The lowest BCUT2D eigenvalue weighted by Crippen LogP contribution is -2.36. The zero-order valence-corrected chi connectivity index (χ0v) is 10.7. The molecule has 4 nitrogen and oxygen atoms in total. The Morgan fingerprint density at radius 2 is 1.81 bits per heavy atom. The molecule has 0 aliphatic rings. The van der Waals surface area contributed by atoms with Crippen molar-refractivity contribution in [3.63, 3.8) is 0 Å². The van der Waals surface area contributed by atoms with Crippen LogP contribution in [0.4, 0.5) is 4.79 Å². The molecule has 0 aromatic heterocycles. The minimum absolute atomic E-state index is 0.0636. The molecule has 4 heteroatoms. The van der Waals surface area contributed by atoms with Gasteiger partial charge in [0.25, 0.3) is 0 Å². The van der Waals surface area contributed by atoms with Crippen molar-refractivity contribution >= 4 is 11.9 Å². The highest BCUT2D eigenvalue weighted by Gasteiger charge is 2.17. The minimum Gasteiger partial charge on any atom is -0.444 e. The number of amides is 1. The van der Waals surface area contributed by atoms with E-state index in [1.807, 2.05) is 13.8 Å². The Kier molecular flexibility index (Phi) is 5.21. The number of hydrogen-bond acceptors (Lipinski definition) is 3. The maximum atomic E-state index is 11.5. The van der Waals surface area contributed by atoms with E-state index in [4.69, 9.17) is 4.74 Å². The summed E-state index contributed by atoms with van der Waals surface area (Å²) in [6.45, 7) is 12.7. The average molecular weight is 227 g/mol. The third-order valence-electron chi connectivity index (χ3n) is 1.85. The molecule has 0 aromatic carbocycles. The lowest BCUT2D eigenvalue weighted by molar-refractivity contribution is -0.115. The van der Waals surface area contributed by atoms with Crippen LogP contribution in [0.25, 0.3) is 0 Å². The summed E-state index contributed by atoms with van der Waals surface area (Å²) in [6.07, 6.45) is -0.586. The lowest BCUT2D eigenvalue weighted by atomic mass is 10.0. The highest BCUT2D eigenvalue weighted by Crippen LogP contribution is 2.08.